The molecule has 4 nitrogen and oxygen atoms in total. The van der Waals surface area contributed by atoms with Crippen molar-refractivity contribution in [2.24, 2.45) is 5.92 Å². The van der Waals surface area contributed by atoms with Crippen molar-refractivity contribution in [2.75, 3.05) is 6.61 Å². The third-order valence-electron chi connectivity index (χ3n) is 2.79. The molecule has 0 aliphatic heterocycles. The fourth-order valence-corrected chi connectivity index (χ4v) is 1.71. The van der Waals surface area contributed by atoms with Crippen molar-refractivity contribution in [1.82, 2.24) is 0 Å². The molecule has 0 aromatic rings. The van der Waals surface area contributed by atoms with Crippen molar-refractivity contribution in [2.45, 2.75) is 59.3 Å². The molecular formula is C14H26O4Sn. The van der Waals surface area contributed by atoms with Gasteiger partial charge in [0, 0.05) is 5.92 Å². The molecule has 0 spiro atoms. The molecule has 0 fully saturated rings. The molecule has 0 N–H and O–H groups in total. The SMILES string of the molecule is CCCCC(CCCC)C(=O)C(=O)OCC(C)=O.[SnH2]. The van der Waals surface area contributed by atoms with E-state index in [1.807, 2.05) is 0 Å². The van der Waals surface area contributed by atoms with Crippen LogP contribution in [0.1, 0.15) is 59.3 Å². The molecule has 0 bridgehead atoms. The number of ketones is 2. The Morgan fingerprint density at radius 1 is 1.00 bits per heavy atom. The first-order valence-electron chi connectivity index (χ1n) is 6.73. The van der Waals surface area contributed by atoms with E-state index in [1.54, 1.807) is 0 Å². The van der Waals surface area contributed by atoms with Gasteiger partial charge in [0.1, 0.15) is 6.61 Å². The molecule has 0 unspecified atom stereocenters. The molecule has 0 aliphatic rings. The number of Topliss-reactive ketones (excluding diaryl/α,β-unsaturated/α-hetero) is 2. The van der Waals surface area contributed by atoms with E-state index < -0.39 is 11.8 Å². The summed E-state index contributed by atoms with van der Waals surface area (Å²) in [6.45, 7) is 5.12. The van der Waals surface area contributed by atoms with E-state index in [9.17, 15) is 14.4 Å². The Balaban J connectivity index is 0. The Bertz CT molecular complexity index is 281. The second-order valence-electron chi connectivity index (χ2n) is 4.62. The Hall–Kier alpha value is -0.391. The first kappa shape index (κ1) is 20.9. The summed E-state index contributed by atoms with van der Waals surface area (Å²) in [5.41, 5.74) is 0. The van der Waals surface area contributed by atoms with Gasteiger partial charge in [-0.25, -0.2) is 4.79 Å². The summed E-state index contributed by atoms with van der Waals surface area (Å²) < 4.78 is 4.67. The van der Waals surface area contributed by atoms with Gasteiger partial charge >= 0.3 is 29.9 Å². The molecule has 19 heavy (non-hydrogen) atoms. The Kier molecular flexibility index (Phi) is 13.9. The molecule has 0 rings (SSSR count). The van der Waals surface area contributed by atoms with Crippen LogP contribution in [0.25, 0.3) is 0 Å². The van der Waals surface area contributed by atoms with Gasteiger partial charge < -0.3 is 4.74 Å². The van der Waals surface area contributed by atoms with Gasteiger partial charge in [-0.1, -0.05) is 39.5 Å². The Labute approximate surface area is 132 Å². The van der Waals surface area contributed by atoms with E-state index in [1.165, 1.54) is 6.92 Å². The van der Waals surface area contributed by atoms with Crippen LogP contribution in [0.3, 0.4) is 0 Å². The van der Waals surface area contributed by atoms with Gasteiger partial charge in [0.15, 0.2) is 5.78 Å². The van der Waals surface area contributed by atoms with Crippen LogP contribution in [-0.2, 0) is 19.1 Å². The van der Waals surface area contributed by atoms with Gasteiger partial charge in [0.2, 0.25) is 5.78 Å². The van der Waals surface area contributed by atoms with Crippen LogP contribution in [0.2, 0.25) is 0 Å². The number of esters is 1. The molecule has 0 amide bonds. The number of carbonyl (C=O) groups is 3. The van der Waals surface area contributed by atoms with E-state index in [-0.39, 0.29) is 42.2 Å². The number of hydrogen-bond donors (Lipinski definition) is 0. The number of unbranched alkanes of at least 4 members (excludes halogenated alkanes) is 2. The van der Waals surface area contributed by atoms with Gasteiger partial charge in [-0.15, -0.1) is 0 Å². The third kappa shape index (κ3) is 10.1. The third-order valence-corrected chi connectivity index (χ3v) is 2.79. The molecule has 0 aromatic carbocycles. The first-order chi connectivity index (χ1) is 8.52. The number of rotatable bonds is 10. The minimum absolute atomic E-state index is 0. The predicted molar refractivity (Wildman–Crippen MR) is 77.7 cm³/mol. The molecule has 5 heteroatoms. The number of ether oxygens (including phenoxy) is 1. The molecule has 0 aromatic heterocycles. The topological polar surface area (TPSA) is 60.4 Å². The summed E-state index contributed by atoms with van der Waals surface area (Å²) in [6, 6.07) is 0. The second kappa shape index (κ2) is 12.6. The van der Waals surface area contributed by atoms with Crippen molar-refractivity contribution in [3.05, 3.63) is 0 Å². The van der Waals surface area contributed by atoms with Crippen molar-refractivity contribution in [3.63, 3.8) is 0 Å². The monoisotopic (exact) mass is 378 g/mol. The maximum atomic E-state index is 11.9. The van der Waals surface area contributed by atoms with E-state index >= 15 is 0 Å². The van der Waals surface area contributed by atoms with Crippen LogP contribution in [-0.4, -0.2) is 48.1 Å². The van der Waals surface area contributed by atoms with Crippen LogP contribution in [0.5, 0.6) is 0 Å². The van der Waals surface area contributed by atoms with Gasteiger partial charge in [0.05, 0.1) is 0 Å². The zero-order valence-corrected chi connectivity index (χ0v) is 16.4. The van der Waals surface area contributed by atoms with E-state index in [0.29, 0.717) is 0 Å². The quantitative estimate of drug-likeness (QED) is 0.331. The van der Waals surface area contributed by atoms with Crippen LogP contribution >= 0.6 is 0 Å². The predicted octanol–water partition coefficient (Wildman–Crippen LogP) is 1.77. The second-order valence-corrected chi connectivity index (χ2v) is 4.62. The average Bonchev–Trinajstić information content (AvgIpc) is 2.35. The molecule has 0 aliphatic carbocycles. The zero-order valence-electron chi connectivity index (χ0n) is 12.4. The Morgan fingerprint density at radius 3 is 1.84 bits per heavy atom. The normalized spacial score (nSPS) is 9.89. The van der Waals surface area contributed by atoms with Crippen LogP contribution in [0.15, 0.2) is 0 Å². The fourth-order valence-electron chi connectivity index (χ4n) is 1.71. The molecule has 110 valence electrons. The van der Waals surface area contributed by atoms with Crippen molar-refractivity contribution < 1.29 is 19.1 Å². The summed E-state index contributed by atoms with van der Waals surface area (Å²) in [5, 5.41) is 0. The molecular weight excluding hydrogens is 351 g/mol. The molecule has 2 radical (unpaired) electrons. The van der Waals surface area contributed by atoms with Gasteiger partial charge in [-0.2, -0.15) is 0 Å². The van der Waals surface area contributed by atoms with Crippen molar-refractivity contribution >= 4 is 41.4 Å². The summed E-state index contributed by atoms with van der Waals surface area (Å²) >= 11 is 0. The maximum absolute atomic E-state index is 11.9. The van der Waals surface area contributed by atoms with E-state index in [0.717, 1.165) is 38.5 Å². The number of hydrogen-bond acceptors (Lipinski definition) is 4. The van der Waals surface area contributed by atoms with Gasteiger partial charge in [0.25, 0.3) is 0 Å². The Morgan fingerprint density at radius 2 is 1.47 bits per heavy atom. The van der Waals surface area contributed by atoms with Crippen LogP contribution in [0, 0.1) is 5.92 Å². The van der Waals surface area contributed by atoms with Crippen molar-refractivity contribution in [1.29, 1.82) is 0 Å². The minimum atomic E-state index is -0.859. The first-order valence-corrected chi connectivity index (χ1v) is 6.73. The van der Waals surface area contributed by atoms with E-state index in [4.69, 9.17) is 0 Å². The van der Waals surface area contributed by atoms with E-state index in [2.05, 4.69) is 18.6 Å². The standard InChI is InChI=1S/C14H24O4.Sn.2H/c1-4-6-8-12(9-7-5-2)13(16)14(17)18-10-11(3)15;;;/h12H,4-10H2,1-3H3;;;. The summed E-state index contributed by atoms with van der Waals surface area (Å²) in [5.74, 6) is -1.83. The number of carbonyl (C=O) groups excluding carboxylic acids is 3. The summed E-state index contributed by atoms with van der Waals surface area (Å²) in [7, 11) is 0. The summed E-state index contributed by atoms with van der Waals surface area (Å²) in [6.07, 6.45) is 5.31. The molecule has 0 heterocycles. The van der Waals surface area contributed by atoms with Crippen molar-refractivity contribution in [3.8, 4) is 0 Å². The van der Waals surface area contributed by atoms with Crippen LogP contribution in [0.4, 0.5) is 0 Å². The summed E-state index contributed by atoms with van der Waals surface area (Å²) in [4.78, 5) is 34.1. The van der Waals surface area contributed by atoms with Gasteiger partial charge in [-0.05, 0) is 19.8 Å². The molecule has 0 saturated carbocycles. The van der Waals surface area contributed by atoms with Gasteiger partial charge in [-0.3, -0.25) is 9.59 Å². The average molecular weight is 377 g/mol. The molecule has 0 atom stereocenters. The zero-order chi connectivity index (χ0) is 14.0. The fraction of sp³-hybridized carbons (Fsp3) is 0.786. The molecule has 0 saturated heterocycles. The van der Waals surface area contributed by atoms with Crippen LogP contribution < -0.4 is 0 Å².